The van der Waals surface area contributed by atoms with Gasteiger partial charge in [0, 0.05) is 18.8 Å². The lowest BCUT2D eigenvalue weighted by molar-refractivity contribution is -0.0424. The average Bonchev–Trinajstić information content (AvgIpc) is 3.21. The number of ether oxygens (including phenoxy) is 1. The van der Waals surface area contributed by atoms with Crippen LogP contribution in [0.3, 0.4) is 0 Å². The zero-order valence-electron chi connectivity index (χ0n) is 12.6. The van der Waals surface area contributed by atoms with Crippen LogP contribution in [0.5, 0.6) is 0 Å². The number of phosphoric ester groups is 1. The van der Waals surface area contributed by atoms with Crippen LogP contribution in [-0.4, -0.2) is 57.6 Å². The van der Waals surface area contributed by atoms with Crippen LogP contribution in [0, 0.1) is 4.77 Å². The molecular weight excluding hydrogens is 373 g/mol. The molecule has 0 saturated carbocycles. The van der Waals surface area contributed by atoms with E-state index in [9.17, 15) is 9.67 Å². The summed E-state index contributed by atoms with van der Waals surface area (Å²) < 4.78 is 24.7. The molecule has 0 amide bonds. The number of imidazole rings is 2. The molecule has 0 radical (unpaired) electrons. The summed E-state index contributed by atoms with van der Waals surface area (Å²) in [5.74, 6) is 0. The van der Waals surface area contributed by atoms with Gasteiger partial charge in [0.25, 0.3) is 0 Å². The maximum absolute atomic E-state index is 10.8. The third kappa shape index (κ3) is 3.02. The Morgan fingerprint density at radius 1 is 1.48 bits per heavy atom. The summed E-state index contributed by atoms with van der Waals surface area (Å²) in [5.41, 5.74) is 1.77. The number of aromatic amines is 1. The molecule has 13 heteroatoms. The van der Waals surface area contributed by atoms with Gasteiger partial charge in [-0.25, -0.2) is 14.5 Å². The van der Waals surface area contributed by atoms with E-state index >= 15 is 0 Å². The molecule has 4 rings (SSSR count). The molecular formula is C12H14N5O6PS. The van der Waals surface area contributed by atoms with Crippen LogP contribution >= 0.6 is 20.0 Å². The van der Waals surface area contributed by atoms with Crippen LogP contribution in [0.4, 0.5) is 0 Å². The number of nitrogens with zero attached hydrogens (tertiary/aromatic N) is 4. The van der Waals surface area contributed by atoms with Crippen molar-refractivity contribution in [1.29, 1.82) is 0 Å². The van der Waals surface area contributed by atoms with E-state index in [0.717, 1.165) is 0 Å². The SMILES string of the molecule is O=P(O)(O)OCC1OC(n2cnc3c2[nH]c(=S)n2ccnc32)CC1O. The topological polar surface area (TPSA) is 147 Å². The molecule has 134 valence electrons. The van der Waals surface area contributed by atoms with Gasteiger partial charge in [0.05, 0.1) is 19.0 Å². The number of H-pyrrole nitrogens is 1. The van der Waals surface area contributed by atoms with Crippen LogP contribution in [-0.2, 0) is 13.8 Å². The zero-order chi connectivity index (χ0) is 17.8. The normalized spacial score (nSPS) is 24.5. The second kappa shape index (κ2) is 5.95. The van der Waals surface area contributed by atoms with E-state index in [0.29, 0.717) is 21.6 Å². The molecule has 3 atom stereocenters. The van der Waals surface area contributed by atoms with Crippen molar-refractivity contribution in [2.75, 3.05) is 6.61 Å². The van der Waals surface area contributed by atoms with Gasteiger partial charge in [0.15, 0.2) is 10.4 Å². The van der Waals surface area contributed by atoms with E-state index in [2.05, 4.69) is 19.5 Å². The number of hydrogen-bond acceptors (Lipinski definition) is 7. The van der Waals surface area contributed by atoms with Gasteiger partial charge in [-0.15, -0.1) is 0 Å². The number of fused-ring (bicyclic) bond motifs is 3. The summed E-state index contributed by atoms with van der Waals surface area (Å²) in [5, 5.41) is 10.1. The van der Waals surface area contributed by atoms with Crippen LogP contribution in [0.25, 0.3) is 16.8 Å². The van der Waals surface area contributed by atoms with E-state index < -0.39 is 32.9 Å². The Morgan fingerprint density at radius 3 is 3.04 bits per heavy atom. The van der Waals surface area contributed by atoms with Gasteiger partial charge in [-0.3, -0.25) is 13.5 Å². The third-order valence-corrected chi connectivity index (χ3v) is 4.80. The number of aliphatic hydroxyl groups excluding tert-OH is 1. The summed E-state index contributed by atoms with van der Waals surface area (Å²) in [4.78, 5) is 29.2. The molecule has 1 aliphatic rings. The van der Waals surface area contributed by atoms with Crippen molar-refractivity contribution in [3.63, 3.8) is 0 Å². The van der Waals surface area contributed by atoms with E-state index in [-0.39, 0.29) is 6.42 Å². The molecule has 3 aromatic heterocycles. The summed E-state index contributed by atoms with van der Waals surface area (Å²) >= 11 is 5.29. The van der Waals surface area contributed by atoms with Crippen LogP contribution in [0.15, 0.2) is 18.7 Å². The number of nitrogens with one attached hydrogen (secondary N) is 1. The largest absolute Gasteiger partial charge is 0.469 e. The highest BCUT2D eigenvalue weighted by molar-refractivity contribution is 7.71. The average molecular weight is 387 g/mol. The Balaban J connectivity index is 1.65. The van der Waals surface area contributed by atoms with Gasteiger partial charge in [0.2, 0.25) is 0 Å². The first kappa shape index (κ1) is 16.8. The minimum absolute atomic E-state index is 0.209. The molecule has 11 nitrogen and oxygen atoms in total. The molecule has 1 aliphatic heterocycles. The van der Waals surface area contributed by atoms with Gasteiger partial charge in [-0.2, -0.15) is 0 Å². The molecule has 25 heavy (non-hydrogen) atoms. The number of aromatic nitrogens is 5. The van der Waals surface area contributed by atoms with Gasteiger partial charge in [-0.05, 0) is 12.2 Å². The highest BCUT2D eigenvalue weighted by Crippen LogP contribution is 2.38. The second-order valence-electron chi connectivity index (χ2n) is 5.62. The molecule has 4 N–H and O–H groups in total. The van der Waals surface area contributed by atoms with Crippen molar-refractivity contribution in [3.05, 3.63) is 23.5 Å². The highest BCUT2D eigenvalue weighted by atomic mass is 32.1. The van der Waals surface area contributed by atoms with E-state index in [1.165, 1.54) is 6.33 Å². The van der Waals surface area contributed by atoms with Crippen molar-refractivity contribution in [2.45, 2.75) is 24.9 Å². The first-order valence-corrected chi connectivity index (χ1v) is 9.23. The quantitative estimate of drug-likeness (QED) is 0.371. The third-order valence-electron chi connectivity index (χ3n) is 4.01. The zero-order valence-corrected chi connectivity index (χ0v) is 14.3. The fourth-order valence-electron chi connectivity index (χ4n) is 2.88. The first-order valence-electron chi connectivity index (χ1n) is 7.29. The number of hydrogen-bond donors (Lipinski definition) is 4. The predicted molar refractivity (Wildman–Crippen MR) is 86.2 cm³/mol. The van der Waals surface area contributed by atoms with Crippen molar-refractivity contribution >= 4 is 36.9 Å². The Kier molecular flexibility index (Phi) is 4.00. The summed E-state index contributed by atoms with van der Waals surface area (Å²) in [6, 6.07) is 0. The Labute approximate surface area is 145 Å². The molecule has 1 fully saturated rings. The lowest BCUT2D eigenvalue weighted by atomic mass is 10.2. The Hall–Kier alpha value is -1.66. The molecule has 0 aliphatic carbocycles. The maximum atomic E-state index is 10.8. The minimum Gasteiger partial charge on any atom is -0.390 e. The van der Waals surface area contributed by atoms with Crippen LogP contribution in [0.2, 0.25) is 0 Å². The van der Waals surface area contributed by atoms with E-state index in [1.807, 2.05) is 0 Å². The van der Waals surface area contributed by atoms with Crippen molar-refractivity contribution < 1.29 is 28.7 Å². The van der Waals surface area contributed by atoms with E-state index in [4.69, 9.17) is 26.7 Å². The lowest BCUT2D eigenvalue weighted by Crippen LogP contribution is -2.25. The summed E-state index contributed by atoms with van der Waals surface area (Å²) in [7, 11) is -4.63. The number of rotatable bonds is 4. The fourth-order valence-corrected chi connectivity index (χ4v) is 3.46. The molecule has 1 saturated heterocycles. The Morgan fingerprint density at radius 2 is 2.28 bits per heavy atom. The summed E-state index contributed by atoms with van der Waals surface area (Å²) in [6.45, 7) is -0.422. The van der Waals surface area contributed by atoms with Crippen molar-refractivity contribution in [2.24, 2.45) is 0 Å². The molecule has 3 aromatic rings. The molecule has 3 unspecified atom stereocenters. The predicted octanol–water partition coefficient (Wildman–Crippen LogP) is 0.499. The van der Waals surface area contributed by atoms with Gasteiger partial charge in [-0.1, -0.05) is 0 Å². The number of aliphatic hydroxyl groups is 1. The van der Waals surface area contributed by atoms with Crippen molar-refractivity contribution in [1.82, 2.24) is 23.9 Å². The fraction of sp³-hybridized carbons (Fsp3) is 0.417. The lowest BCUT2D eigenvalue weighted by Gasteiger charge is -2.16. The Bertz CT molecular complexity index is 1040. The monoisotopic (exact) mass is 387 g/mol. The summed E-state index contributed by atoms with van der Waals surface area (Å²) in [6.07, 6.45) is 2.68. The first-order chi connectivity index (χ1) is 11.8. The minimum atomic E-state index is -4.63. The maximum Gasteiger partial charge on any atom is 0.469 e. The molecule has 0 bridgehead atoms. The standard InChI is InChI=1S/C12H14N5O6PS/c18-6-3-8(23-7(6)4-22-24(19,20)21)17-5-14-9-10-13-1-2-16(10)12(25)15-11(9)17/h1-2,5-8,18H,3-4H2,(H,15,25)(H2,19,20,21). The van der Waals surface area contributed by atoms with Crippen LogP contribution in [0.1, 0.15) is 12.6 Å². The van der Waals surface area contributed by atoms with Crippen LogP contribution < -0.4 is 0 Å². The van der Waals surface area contributed by atoms with E-state index in [1.54, 1.807) is 21.4 Å². The van der Waals surface area contributed by atoms with Crippen molar-refractivity contribution in [3.8, 4) is 0 Å². The van der Waals surface area contributed by atoms with Gasteiger partial charge < -0.3 is 24.6 Å². The van der Waals surface area contributed by atoms with Gasteiger partial charge in [0.1, 0.15) is 23.5 Å². The molecule has 0 aromatic carbocycles. The smallest absolute Gasteiger partial charge is 0.390 e. The van der Waals surface area contributed by atoms with Gasteiger partial charge >= 0.3 is 7.82 Å². The number of phosphoric acid groups is 1. The molecule has 4 heterocycles. The molecule has 0 spiro atoms. The second-order valence-corrected chi connectivity index (χ2v) is 7.24. The highest BCUT2D eigenvalue weighted by Gasteiger charge is 2.37.